The molecule has 24 heteroatoms. The summed E-state index contributed by atoms with van der Waals surface area (Å²) in [7, 11) is 1.59. The van der Waals surface area contributed by atoms with E-state index >= 15 is 0 Å². The van der Waals surface area contributed by atoms with Gasteiger partial charge in [0.15, 0.2) is 29.7 Å². The summed E-state index contributed by atoms with van der Waals surface area (Å²) >= 11 is 0. The average Bonchev–Trinajstić information content (AvgIpc) is 0.785. The van der Waals surface area contributed by atoms with Crippen LogP contribution in [-0.4, -0.2) is 165 Å². The number of rotatable bonds is 78. The van der Waals surface area contributed by atoms with E-state index in [1.807, 2.05) is 0 Å². The van der Waals surface area contributed by atoms with Crippen molar-refractivity contribution in [3.8, 4) is 62.9 Å². The van der Waals surface area contributed by atoms with Crippen LogP contribution in [0.15, 0.2) is 60.7 Å². The number of phenols is 2. The Balaban J connectivity index is 1.16. The maximum Gasteiger partial charge on any atom is 0.347 e. The molecule has 0 bridgehead atoms. The van der Waals surface area contributed by atoms with Gasteiger partial charge in [-0.2, -0.15) is 29.9 Å². The Labute approximate surface area is 761 Å². The van der Waals surface area contributed by atoms with Gasteiger partial charge < -0.3 is 64.1 Å². The van der Waals surface area contributed by atoms with E-state index in [4.69, 9.17) is 68.5 Å². The Morgan fingerprint density at radius 2 is 0.548 bits per heavy atom. The van der Waals surface area contributed by atoms with Crippen LogP contribution in [0.2, 0.25) is 0 Å². The highest BCUT2D eigenvalue weighted by Gasteiger charge is 2.26. The second-order valence-electron chi connectivity index (χ2n) is 34.7. The predicted molar refractivity (Wildman–Crippen MR) is 521 cm³/mol. The zero-order chi connectivity index (χ0) is 90.2. The van der Waals surface area contributed by atoms with Crippen molar-refractivity contribution < 1.29 is 43.5 Å². The number of nitrogens with one attached hydrogen (secondary N) is 2. The molecule has 0 aliphatic heterocycles. The summed E-state index contributed by atoms with van der Waals surface area (Å²) < 4.78 is 29.5. The Hall–Kier alpha value is -8.57. The van der Waals surface area contributed by atoms with E-state index in [-0.39, 0.29) is 77.9 Å². The molecule has 0 saturated heterocycles. The molecule has 24 nitrogen and oxygen atoms in total. The third-order valence-corrected chi connectivity index (χ3v) is 23.6. The number of aromatic hydroxyl groups is 2. The topological polar surface area (TPSA) is 274 Å². The Kier molecular flexibility index (Phi) is 56.3. The molecule has 0 fully saturated rings. The minimum atomic E-state index is -1.06. The van der Waals surface area contributed by atoms with E-state index in [9.17, 15) is 19.8 Å². The lowest BCUT2D eigenvalue weighted by molar-refractivity contribution is -0.151. The molecule has 6 aromatic rings. The van der Waals surface area contributed by atoms with E-state index in [0.29, 0.717) is 47.0 Å². The maximum atomic E-state index is 13.8. The van der Waals surface area contributed by atoms with Gasteiger partial charge in [0.25, 0.3) is 0 Å². The van der Waals surface area contributed by atoms with Gasteiger partial charge in [0.2, 0.25) is 35.7 Å². The molecule has 3 aromatic carbocycles. The van der Waals surface area contributed by atoms with Crippen LogP contribution in [-0.2, 0) is 19.1 Å². The number of hydrogen-bond acceptors (Lipinski definition) is 24. The highest BCUT2D eigenvalue weighted by Crippen LogP contribution is 2.37. The quantitative estimate of drug-likeness (QED) is 0.0204. The molecule has 0 saturated carbocycles. The molecule has 0 aliphatic carbocycles. The van der Waals surface area contributed by atoms with Gasteiger partial charge >= 0.3 is 11.9 Å². The van der Waals surface area contributed by atoms with Gasteiger partial charge in [0.1, 0.15) is 42.0 Å². The average molecular weight is 1750 g/mol. The normalized spacial score (nSPS) is 11.8. The number of esters is 2. The number of benzene rings is 3. The number of anilines is 6. The molecule has 0 radical (unpaired) electrons. The first-order valence-electron chi connectivity index (χ1n) is 50.4. The summed E-state index contributed by atoms with van der Waals surface area (Å²) in [5, 5.41) is 30.5. The van der Waals surface area contributed by atoms with E-state index in [2.05, 4.69) is 85.6 Å². The maximum absolute atomic E-state index is 13.8. The van der Waals surface area contributed by atoms with Crippen LogP contribution < -0.4 is 44.4 Å². The molecule has 0 amide bonds. The monoisotopic (exact) mass is 1750 g/mol. The van der Waals surface area contributed by atoms with E-state index in [0.717, 1.165) is 104 Å². The van der Waals surface area contributed by atoms with Crippen LogP contribution in [0, 0.1) is 0 Å². The molecule has 6 rings (SSSR count). The van der Waals surface area contributed by atoms with Gasteiger partial charge in [-0.3, -0.25) is 0 Å². The second kappa shape index (κ2) is 66.8. The molecule has 3 heterocycles. The summed E-state index contributed by atoms with van der Waals surface area (Å²) in [6.45, 7) is 28.9. The van der Waals surface area contributed by atoms with E-state index in [1.54, 1.807) is 69.5 Å². The third kappa shape index (κ3) is 43.0. The highest BCUT2D eigenvalue weighted by molar-refractivity contribution is 5.76. The lowest BCUT2D eigenvalue weighted by atomic mass is 10.1. The van der Waals surface area contributed by atoms with Crippen molar-refractivity contribution in [2.24, 2.45) is 0 Å². The van der Waals surface area contributed by atoms with Crippen LogP contribution in [0.4, 0.5) is 35.7 Å². The first-order chi connectivity index (χ1) is 61.7. The number of unbranched alkanes of at least 4 members (excludes halogenated alkanes) is 40. The van der Waals surface area contributed by atoms with Crippen molar-refractivity contribution in [2.45, 2.75) is 390 Å². The van der Waals surface area contributed by atoms with Crippen LogP contribution in [0.1, 0.15) is 377 Å². The minimum absolute atomic E-state index is 0.0181. The Morgan fingerprint density at radius 3 is 0.794 bits per heavy atom. The molecule has 706 valence electrons. The van der Waals surface area contributed by atoms with Gasteiger partial charge in [-0.15, -0.1) is 0 Å². The molecular weight excluding hydrogens is 1580 g/mol. The van der Waals surface area contributed by atoms with Crippen LogP contribution in [0.5, 0.6) is 28.7 Å². The fourth-order valence-corrected chi connectivity index (χ4v) is 15.7. The van der Waals surface area contributed by atoms with Crippen molar-refractivity contribution in [3.05, 3.63) is 60.7 Å². The van der Waals surface area contributed by atoms with Crippen molar-refractivity contribution in [2.75, 3.05) is 116 Å². The smallest absolute Gasteiger partial charge is 0.347 e. The molecule has 0 spiro atoms. The minimum Gasteiger partial charge on any atom is -0.507 e. The second-order valence-corrected chi connectivity index (χ2v) is 34.7. The molecular formula is C102H169N15O9. The Morgan fingerprint density at radius 1 is 0.310 bits per heavy atom. The first kappa shape index (κ1) is 106. The first-order valence-corrected chi connectivity index (χ1v) is 50.4. The summed E-state index contributed by atoms with van der Waals surface area (Å²) in [6, 6.07) is 16.4. The summed E-state index contributed by atoms with van der Waals surface area (Å²) in [5.41, 5.74) is 1.06. The van der Waals surface area contributed by atoms with Crippen molar-refractivity contribution in [3.63, 3.8) is 0 Å². The molecule has 4 N–H and O–H groups in total. The van der Waals surface area contributed by atoms with E-state index in [1.165, 1.54) is 269 Å². The molecule has 0 aliphatic rings. The fourth-order valence-electron chi connectivity index (χ4n) is 15.7. The summed E-state index contributed by atoms with van der Waals surface area (Å²) in [5.74, 6) is 3.50. The third-order valence-electron chi connectivity index (χ3n) is 23.6. The van der Waals surface area contributed by atoms with Gasteiger partial charge in [-0.25, -0.2) is 24.5 Å². The Bertz CT molecular complexity index is 3440. The van der Waals surface area contributed by atoms with Gasteiger partial charge in [-0.1, -0.05) is 312 Å². The van der Waals surface area contributed by atoms with Crippen molar-refractivity contribution >= 4 is 47.6 Å². The number of hydrogen-bond donors (Lipinski definition) is 4. The van der Waals surface area contributed by atoms with Crippen LogP contribution in [0.3, 0.4) is 0 Å². The standard InChI is InChI=1S/C102H169N15O9/c1-12-20-28-36-44-52-70-114(71-53-45-37-29-21-13-2)99-108-97(109-100(112-99)115(72-54-46-38-30-22-14-3)73-55-47-39-31-23-15-4)103-68-78-123-95(120)82(9)125-86-64-66-88(90(118)80-86)93-105-92(84-60-62-85(122-11)63-61-84)106-94(107-93)89-67-65-87(81-91(89)119)126-83(10)96(121)124-79-69-104-98-110-101(116(74-56-48-40-32-24-16-5)75-57-49-41-33-25-17-6)113-102(111-98)117(76-58-50-42-34-26-18-7)77-59-51-43-35-27-19-8/h60-67,80-83,118-119H,12-59,68-79H2,1-11H3,(H,103,108,109,112)(H,104,110,111,113). The number of nitrogens with zero attached hydrogens (tertiary/aromatic N) is 13. The van der Waals surface area contributed by atoms with Gasteiger partial charge in [0, 0.05) is 70.1 Å². The highest BCUT2D eigenvalue weighted by atomic mass is 16.6. The number of phenolic OH excluding ortho intramolecular Hbond substituents is 2. The van der Waals surface area contributed by atoms with Gasteiger partial charge in [0.05, 0.1) is 31.3 Å². The zero-order valence-corrected chi connectivity index (χ0v) is 80.4. The fraction of sp³-hybridized carbons (Fsp3) is 0.716. The number of carbonyl (C=O) groups is 2. The summed E-state index contributed by atoms with van der Waals surface area (Å²) in [6.07, 6.45) is 55.6. The van der Waals surface area contributed by atoms with Gasteiger partial charge in [-0.05, 0) is 114 Å². The van der Waals surface area contributed by atoms with Crippen LogP contribution in [0.25, 0.3) is 34.2 Å². The number of methoxy groups -OCH3 is 1. The molecule has 2 atom stereocenters. The number of aromatic nitrogens is 9. The molecule has 3 aromatic heterocycles. The number of ether oxygens (including phenoxy) is 5. The molecule has 126 heavy (non-hydrogen) atoms. The zero-order valence-electron chi connectivity index (χ0n) is 80.4. The lowest BCUT2D eigenvalue weighted by Gasteiger charge is -2.27. The predicted octanol–water partition coefficient (Wildman–Crippen LogP) is 25.6. The molecule has 2 unspecified atom stereocenters. The van der Waals surface area contributed by atoms with Crippen LogP contribution >= 0.6 is 0 Å². The van der Waals surface area contributed by atoms with Crippen molar-refractivity contribution in [1.29, 1.82) is 0 Å². The van der Waals surface area contributed by atoms with Crippen molar-refractivity contribution in [1.82, 2.24) is 44.9 Å². The number of carbonyl (C=O) groups excluding carboxylic acids is 2. The SMILES string of the molecule is CCCCCCCCN(CCCCCCCC)c1nc(NCCOC(=O)C(C)Oc2ccc(-c3nc(-c4ccc(OC)cc4)nc(-c4ccc(OC(C)C(=O)OCCNc5nc(N(CCCCCCCC)CCCCCCCC)nc(N(CCCCCCCC)CCCCCCCC)n5)cc4O)n3)c(O)c2)nc(N(CCCCCCCC)CCCCCCCC)n1. The summed E-state index contributed by atoms with van der Waals surface area (Å²) in [4.78, 5) is 82.8. The largest absolute Gasteiger partial charge is 0.507 e. The van der Waals surface area contributed by atoms with E-state index < -0.39 is 24.1 Å². The lowest BCUT2D eigenvalue weighted by Crippen LogP contribution is -2.32.